The van der Waals surface area contributed by atoms with E-state index < -0.39 is 0 Å². The quantitative estimate of drug-likeness (QED) is 0.887. The van der Waals surface area contributed by atoms with Gasteiger partial charge in [-0.1, -0.05) is 45.8 Å². The molecule has 0 bridgehead atoms. The molecule has 0 saturated carbocycles. The maximum Gasteiger partial charge on any atom is 0.0636 e. The molecule has 3 N–H and O–H groups in total. The van der Waals surface area contributed by atoms with Crippen molar-refractivity contribution in [3.8, 4) is 0 Å². The lowest BCUT2D eigenvalue weighted by Gasteiger charge is -2.19. The predicted octanol–water partition coefficient (Wildman–Crippen LogP) is 4.18. The number of nitrogens with one attached hydrogen (secondary N) is 1. The zero-order valence-corrected chi connectivity index (χ0v) is 12.9. The molecule has 0 aromatic heterocycles. The Balaban J connectivity index is 2.23. The van der Waals surface area contributed by atoms with Gasteiger partial charge >= 0.3 is 0 Å². The fourth-order valence-electron chi connectivity index (χ4n) is 2.19. The van der Waals surface area contributed by atoms with E-state index in [1.54, 1.807) is 0 Å². The van der Waals surface area contributed by atoms with Gasteiger partial charge in [0.1, 0.15) is 0 Å². The minimum atomic E-state index is 0.133. The lowest BCUT2D eigenvalue weighted by atomic mass is 10.0. The number of halogens is 1. The zero-order valence-electron chi connectivity index (χ0n) is 11.3. The second-order valence-electron chi connectivity index (χ2n) is 4.86. The van der Waals surface area contributed by atoms with Gasteiger partial charge in [-0.3, -0.25) is 0 Å². The molecule has 2 aromatic carbocycles. The molecule has 2 nitrogen and oxygen atoms in total. The molecule has 0 amide bonds. The molecule has 19 heavy (non-hydrogen) atoms. The number of nitrogens with two attached hydrogens (primary N) is 1. The van der Waals surface area contributed by atoms with Gasteiger partial charge < -0.3 is 11.1 Å². The van der Waals surface area contributed by atoms with E-state index in [0.717, 1.165) is 10.2 Å². The third-order valence-electron chi connectivity index (χ3n) is 3.06. The summed E-state index contributed by atoms with van der Waals surface area (Å²) in [4.78, 5) is 0. The molecule has 3 heteroatoms. The standard InChI is InChI=1S/C16H19BrN2/c1-11-4-3-5-13(6-11)16(10-18)19-15-8-12(2)7-14(17)9-15/h3-9,16,19H,10,18H2,1-2H3. The highest BCUT2D eigenvalue weighted by Gasteiger charge is 2.10. The Hall–Kier alpha value is -1.32. The fourth-order valence-corrected chi connectivity index (χ4v) is 2.79. The van der Waals surface area contributed by atoms with Gasteiger partial charge in [-0.25, -0.2) is 0 Å². The molecule has 0 fully saturated rings. The summed E-state index contributed by atoms with van der Waals surface area (Å²) in [6.07, 6.45) is 0. The Bertz CT molecular complexity index is 546. The van der Waals surface area contributed by atoms with E-state index in [1.165, 1.54) is 16.7 Å². The molecular formula is C16H19BrN2. The highest BCUT2D eigenvalue weighted by Crippen LogP contribution is 2.24. The Morgan fingerprint density at radius 3 is 2.53 bits per heavy atom. The molecule has 2 rings (SSSR count). The van der Waals surface area contributed by atoms with E-state index in [4.69, 9.17) is 5.73 Å². The SMILES string of the molecule is Cc1cc(Br)cc(NC(CN)c2cccc(C)c2)c1. The Morgan fingerprint density at radius 1 is 1.11 bits per heavy atom. The molecule has 0 aliphatic carbocycles. The second kappa shape index (κ2) is 6.22. The average Bonchev–Trinajstić information content (AvgIpc) is 2.34. The van der Waals surface area contributed by atoms with Gasteiger partial charge in [0.2, 0.25) is 0 Å². The van der Waals surface area contributed by atoms with E-state index >= 15 is 0 Å². The number of hydrogen-bond acceptors (Lipinski definition) is 2. The smallest absolute Gasteiger partial charge is 0.0636 e. The Morgan fingerprint density at radius 2 is 1.89 bits per heavy atom. The Kier molecular flexibility index (Phi) is 4.61. The first-order valence-electron chi connectivity index (χ1n) is 6.39. The van der Waals surface area contributed by atoms with E-state index in [2.05, 4.69) is 77.6 Å². The van der Waals surface area contributed by atoms with E-state index in [-0.39, 0.29) is 6.04 Å². The first kappa shape index (κ1) is 14.1. The number of aryl methyl sites for hydroxylation is 2. The highest BCUT2D eigenvalue weighted by atomic mass is 79.9. The molecular weight excluding hydrogens is 300 g/mol. The van der Waals surface area contributed by atoms with Crippen LogP contribution >= 0.6 is 15.9 Å². The fraction of sp³-hybridized carbons (Fsp3) is 0.250. The molecule has 0 spiro atoms. The van der Waals surface area contributed by atoms with Crippen molar-refractivity contribution in [3.05, 3.63) is 63.6 Å². The number of rotatable bonds is 4. The average molecular weight is 319 g/mol. The van der Waals surface area contributed by atoms with Crippen LogP contribution < -0.4 is 11.1 Å². The minimum Gasteiger partial charge on any atom is -0.377 e. The van der Waals surface area contributed by atoms with Crippen molar-refractivity contribution in [2.24, 2.45) is 5.73 Å². The molecule has 0 radical (unpaired) electrons. The van der Waals surface area contributed by atoms with Crippen molar-refractivity contribution in [1.82, 2.24) is 0 Å². The molecule has 1 atom stereocenters. The summed E-state index contributed by atoms with van der Waals surface area (Å²) in [5.74, 6) is 0. The first-order chi connectivity index (χ1) is 9.08. The van der Waals surface area contributed by atoms with E-state index in [1.807, 2.05) is 0 Å². The first-order valence-corrected chi connectivity index (χ1v) is 7.18. The highest BCUT2D eigenvalue weighted by molar-refractivity contribution is 9.10. The lowest BCUT2D eigenvalue weighted by Crippen LogP contribution is -2.20. The molecule has 1 unspecified atom stereocenters. The second-order valence-corrected chi connectivity index (χ2v) is 5.78. The minimum absolute atomic E-state index is 0.133. The Labute approximate surface area is 123 Å². The molecule has 0 aliphatic rings. The number of benzene rings is 2. The maximum absolute atomic E-state index is 5.90. The number of hydrogen-bond donors (Lipinski definition) is 2. The predicted molar refractivity (Wildman–Crippen MR) is 85.5 cm³/mol. The van der Waals surface area contributed by atoms with Gasteiger partial charge in [0.15, 0.2) is 0 Å². The van der Waals surface area contributed by atoms with Gasteiger partial charge in [-0.2, -0.15) is 0 Å². The van der Waals surface area contributed by atoms with Crippen LogP contribution in [0.4, 0.5) is 5.69 Å². The van der Waals surface area contributed by atoms with Crippen LogP contribution in [0.25, 0.3) is 0 Å². The zero-order chi connectivity index (χ0) is 13.8. The third-order valence-corrected chi connectivity index (χ3v) is 3.52. The summed E-state index contributed by atoms with van der Waals surface area (Å²) < 4.78 is 1.08. The van der Waals surface area contributed by atoms with E-state index in [9.17, 15) is 0 Å². The summed E-state index contributed by atoms with van der Waals surface area (Å²) in [5, 5.41) is 3.50. The summed E-state index contributed by atoms with van der Waals surface area (Å²) >= 11 is 3.52. The summed E-state index contributed by atoms with van der Waals surface area (Å²) in [7, 11) is 0. The van der Waals surface area contributed by atoms with Crippen molar-refractivity contribution in [2.45, 2.75) is 19.9 Å². The number of anilines is 1. The van der Waals surface area contributed by atoms with Crippen LogP contribution in [0.15, 0.2) is 46.9 Å². The monoisotopic (exact) mass is 318 g/mol. The van der Waals surface area contributed by atoms with Crippen LogP contribution in [0.2, 0.25) is 0 Å². The molecule has 0 saturated heterocycles. The van der Waals surface area contributed by atoms with Crippen LogP contribution in [0.1, 0.15) is 22.7 Å². The van der Waals surface area contributed by atoms with Gasteiger partial charge in [0.05, 0.1) is 6.04 Å². The molecule has 0 aliphatic heterocycles. The van der Waals surface area contributed by atoms with Crippen LogP contribution in [-0.4, -0.2) is 6.54 Å². The lowest BCUT2D eigenvalue weighted by molar-refractivity contribution is 0.789. The normalized spacial score (nSPS) is 12.2. The molecule has 100 valence electrons. The molecule has 0 heterocycles. The van der Waals surface area contributed by atoms with Gasteiger partial charge in [0, 0.05) is 16.7 Å². The third kappa shape index (κ3) is 3.82. The van der Waals surface area contributed by atoms with Crippen molar-refractivity contribution in [3.63, 3.8) is 0 Å². The van der Waals surface area contributed by atoms with Crippen molar-refractivity contribution >= 4 is 21.6 Å². The van der Waals surface area contributed by atoms with Crippen LogP contribution in [0.3, 0.4) is 0 Å². The van der Waals surface area contributed by atoms with Crippen LogP contribution in [0, 0.1) is 13.8 Å². The van der Waals surface area contributed by atoms with Gasteiger partial charge in [0.25, 0.3) is 0 Å². The van der Waals surface area contributed by atoms with Gasteiger partial charge in [-0.05, 0) is 43.2 Å². The topological polar surface area (TPSA) is 38.0 Å². The van der Waals surface area contributed by atoms with Crippen molar-refractivity contribution in [2.75, 3.05) is 11.9 Å². The summed E-state index contributed by atoms with van der Waals surface area (Å²) in [6, 6.07) is 14.9. The van der Waals surface area contributed by atoms with Crippen molar-refractivity contribution in [1.29, 1.82) is 0 Å². The summed E-state index contributed by atoms with van der Waals surface area (Å²) in [6.45, 7) is 4.75. The largest absolute Gasteiger partial charge is 0.377 e. The maximum atomic E-state index is 5.90. The van der Waals surface area contributed by atoms with Crippen LogP contribution in [-0.2, 0) is 0 Å². The summed E-state index contributed by atoms with van der Waals surface area (Å²) in [5.41, 5.74) is 10.7. The molecule has 2 aromatic rings. The van der Waals surface area contributed by atoms with Gasteiger partial charge in [-0.15, -0.1) is 0 Å². The van der Waals surface area contributed by atoms with E-state index in [0.29, 0.717) is 6.54 Å². The van der Waals surface area contributed by atoms with Crippen molar-refractivity contribution < 1.29 is 0 Å². The van der Waals surface area contributed by atoms with Crippen LogP contribution in [0.5, 0.6) is 0 Å².